The second kappa shape index (κ2) is 8.57. The Balaban J connectivity index is 1.66. The summed E-state index contributed by atoms with van der Waals surface area (Å²) in [5, 5.41) is 13.5. The van der Waals surface area contributed by atoms with Gasteiger partial charge in [-0.1, -0.05) is 17.3 Å². The number of aliphatic hydroxyl groups is 1. The van der Waals surface area contributed by atoms with Crippen LogP contribution in [-0.4, -0.2) is 39.3 Å². The maximum Gasteiger partial charge on any atom is 0.416 e. The van der Waals surface area contributed by atoms with Gasteiger partial charge in [0.25, 0.3) is 0 Å². The van der Waals surface area contributed by atoms with Crippen LogP contribution in [0.15, 0.2) is 51.6 Å². The number of alkyl halides is 3. The standard InChI is InChI=1S/C19H20F3N3O3/c1-13(26)11-25(12-16-6-3-9-27-16)8-7-17-23-18(24-28-17)14-4-2-5-15(10-14)19(20,21)22/h2-6,9-10,13,26H,7-8,11-12H2,1H3. The van der Waals surface area contributed by atoms with Crippen LogP contribution in [0.25, 0.3) is 11.4 Å². The van der Waals surface area contributed by atoms with Crippen LogP contribution in [0, 0.1) is 0 Å². The highest BCUT2D eigenvalue weighted by Gasteiger charge is 2.30. The molecule has 0 saturated carbocycles. The van der Waals surface area contributed by atoms with Crippen LogP contribution in [-0.2, 0) is 19.1 Å². The van der Waals surface area contributed by atoms with Crippen LogP contribution in [0.4, 0.5) is 13.2 Å². The topological polar surface area (TPSA) is 75.5 Å². The molecule has 0 fully saturated rings. The lowest BCUT2D eigenvalue weighted by Crippen LogP contribution is -2.32. The maximum atomic E-state index is 12.9. The Bertz CT molecular complexity index is 876. The first kappa shape index (κ1) is 20.1. The van der Waals surface area contributed by atoms with Crippen LogP contribution < -0.4 is 0 Å². The summed E-state index contributed by atoms with van der Waals surface area (Å²) in [6.07, 6.45) is -3.00. The molecular weight excluding hydrogens is 375 g/mol. The Hall–Kier alpha value is -2.65. The van der Waals surface area contributed by atoms with E-state index in [0.29, 0.717) is 31.9 Å². The molecule has 6 nitrogen and oxygen atoms in total. The molecule has 3 rings (SSSR count). The van der Waals surface area contributed by atoms with Gasteiger partial charge in [0.05, 0.1) is 24.5 Å². The van der Waals surface area contributed by atoms with Crippen LogP contribution in [0.2, 0.25) is 0 Å². The first-order chi connectivity index (χ1) is 13.3. The monoisotopic (exact) mass is 395 g/mol. The molecule has 1 N–H and O–H groups in total. The Morgan fingerprint density at radius 3 is 2.71 bits per heavy atom. The van der Waals surface area contributed by atoms with E-state index in [1.54, 1.807) is 19.3 Å². The van der Waals surface area contributed by atoms with Gasteiger partial charge in [0.15, 0.2) is 0 Å². The molecule has 28 heavy (non-hydrogen) atoms. The van der Waals surface area contributed by atoms with E-state index in [-0.39, 0.29) is 11.4 Å². The van der Waals surface area contributed by atoms with Gasteiger partial charge in [-0.25, -0.2) is 0 Å². The Morgan fingerprint density at radius 1 is 1.21 bits per heavy atom. The molecule has 150 valence electrons. The van der Waals surface area contributed by atoms with E-state index in [1.165, 1.54) is 12.1 Å². The summed E-state index contributed by atoms with van der Waals surface area (Å²) in [6.45, 7) is 3.13. The summed E-state index contributed by atoms with van der Waals surface area (Å²) in [6, 6.07) is 8.42. The minimum absolute atomic E-state index is 0.106. The van der Waals surface area contributed by atoms with Crippen molar-refractivity contribution in [3.63, 3.8) is 0 Å². The summed E-state index contributed by atoms with van der Waals surface area (Å²) >= 11 is 0. The number of benzene rings is 1. The summed E-state index contributed by atoms with van der Waals surface area (Å²) in [5.41, 5.74) is -0.529. The third-order valence-corrected chi connectivity index (χ3v) is 4.04. The van der Waals surface area contributed by atoms with Crippen molar-refractivity contribution in [2.45, 2.75) is 32.2 Å². The molecule has 1 aromatic carbocycles. The average molecular weight is 395 g/mol. The molecule has 0 aliphatic carbocycles. The van der Waals surface area contributed by atoms with Crippen molar-refractivity contribution in [3.8, 4) is 11.4 Å². The lowest BCUT2D eigenvalue weighted by molar-refractivity contribution is -0.137. The van der Waals surface area contributed by atoms with Crippen LogP contribution in [0.1, 0.15) is 24.1 Å². The predicted molar refractivity (Wildman–Crippen MR) is 94.1 cm³/mol. The van der Waals surface area contributed by atoms with E-state index in [1.807, 2.05) is 11.0 Å². The first-order valence-corrected chi connectivity index (χ1v) is 8.74. The third-order valence-electron chi connectivity index (χ3n) is 4.04. The van der Waals surface area contributed by atoms with Gasteiger partial charge in [-0.2, -0.15) is 18.2 Å². The van der Waals surface area contributed by atoms with Gasteiger partial charge in [-0.15, -0.1) is 0 Å². The van der Waals surface area contributed by atoms with E-state index in [0.717, 1.165) is 17.9 Å². The maximum absolute atomic E-state index is 12.9. The highest BCUT2D eigenvalue weighted by molar-refractivity contribution is 5.55. The van der Waals surface area contributed by atoms with Crippen molar-refractivity contribution in [1.82, 2.24) is 15.0 Å². The van der Waals surface area contributed by atoms with E-state index < -0.39 is 17.8 Å². The van der Waals surface area contributed by atoms with Gasteiger partial charge in [0.1, 0.15) is 5.76 Å². The fraction of sp³-hybridized carbons (Fsp3) is 0.368. The average Bonchev–Trinajstić information content (AvgIpc) is 3.30. The minimum atomic E-state index is -4.43. The molecule has 0 amide bonds. The predicted octanol–water partition coefficient (Wildman–Crippen LogP) is 3.77. The highest BCUT2D eigenvalue weighted by atomic mass is 19.4. The molecule has 2 heterocycles. The Labute approximate surface area is 159 Å². The molecule has 2 aromatic heterocycles. The molecular formula is C19H20F3N3O3. The van der Waals surface area contributed by atoms with Gasteiger partial charge in [0.2, 0.25) is 11.7 Å². The molecule has 1 atom stereocenters. The zero-order valence-electron chi connectivity index (χ0n) is 15.2. The molecule has 3 aromatic rings. The number of aromatic nitrogens is 2. The van der Waals surface area contributed by atoms with Crippen molar-refractivity contribution in [3.05, 3.63) is 59.9 Å². The number of halogens is 3. The smallest absolute Gasteiger partial charge is 0.416 e. The third kappa shape index (κ3) is 5.43. The number of nitrogens with zero attached hydrogens (tertiary/aromatic N) is 3. The van der Waals surface area contributed by atoms with Crippen LogP contribution in [0.5, 0.6) is 0 Å². The summed E-state index contributed by atoms with van der Waals surface area (Å²) in [5.74, 6) is 1.17. The molecule has 0 bridgehead atoms. The fourth-order valence-corrected chi connectivity index (χ4v) is 2.79. The summed E-state index contributed by atoms with van der Waals surface area (Å²) < 4.78 is 49.1. The van der Waals surface area contributed by atoms with Crippen molar-refractivity contribution in [2.24, 2.45) is 0 Å². The van der Waals surface area contributed by atoms with Gasteiger partial charge in [-0.3, -0.25) is 4.90 Å². The van der Waals surface area contributed by atoms with Crippen molar-refractivity contribution >= 4 is 0 Å². The second-order valence-electron chi connectivity index (χ2n) is 6.50. The molecule has 0 radical (unpaired) electrons. The highest BCUT2D eigenvalue weighted by Crippen LogP contribution is 2.31. The minimum Gasteiger partial charge on any atom is -0.468 e. The van der Waals surface area contributed by atoms with E-state index in [2.05, 4.69) is 10.1 Å². The molecule has 0 spiro atoms. The lowest BCUT2D eigenvalue weighted by Gasteiger charge is -2.21. The SMILES string of the molecule is CC(O)CN(CCc1nc(-c2cccc(C(F)(F)F)c2)no1)Cc1ccco1. The quantitative estimate of drug-likeness (QED) is 0.626. The van der Waals surface area contributed by atoms with Gasteiger partial charge < -0.3 is 14.0 Å². The van der Waals surface area contributed by atoms with E-state index in [4.69, 9.17) is 8.94 Å². The van der Waals surface area contributed by atoms with E-state index >= 15 is 0 Å². The zero-order valence-corrected chi connectivity index (χ0v) is 15.2. The molecule has 9 heteroatoms. The first-order valence-electron chi connectivity index (χ1n) is 8.74. The Kier molecular flexibility index (Phi) is 6.15. The number of rotatable bonds is 8. The second-order valence-corrected chi connectivity index (χ2v) is 6.50. The number of hydrogen-bond donors (Lipinski definition) is 1. The molecule has 0 saturated heterocycles. The number of hydrogen-bond acceptors (Lipinski definition) is 6. The van der Waals surface area contributed by atoms with Crippen molar-refractivity contribution in [2.75, 3.05) is 13.1 Å². The summed E-state index contributed by atoms with van der Waals surface area (Å²) in [4.78, 5) is 6.16. The Morgan fingerprint density at radius 2 is 2.04 bits per heavy atom. The van der Waals surface area contributed by atoms with Gasteiger partial charge in [-0.05, 0) is 31.2 Å². The molecule has 0 aliphatic rings. The summed E-state index contributed by atoms with van der Waals surface area (Å²) in [7, 11) is 0. The zero-order chi connectivity index (χ0) is 20.1. The van der Waals surface area contributed by atoms with Gasteiger partial charge >= 0.3 is 6.18 Å². The number of aliphatic hydroxyl groups excluding tert-OH is 1. The van der Waals surface area contributed by atoms with Crippen molar-refractivity contribution in [1.29, 1.82) is 0 Å². The van der Waals surface area contributed by atoms with Crippen LogP contribution >= 0.6 is 0 Å². The lowest BCUT2D eigenvalue weighted by atomic mass is 10.1. The molecule has 0 aliphatic heterocycles. The normalized spacial score (nSPS) is 13.2. The largest absolute Gasteiger partial charge is 0.468 e. The fourth-order valence-electron chi connectivity index (χ4n) is 2.79. The van der Waals surface area contributed by atoms with Crippen molar-refractivity contribution < 1.29 is 27.2 Å². The van der Waals surface area contributed by atoms with E-state index in [9.17, 15) is 18.3 Å². The molecule has 1 unspecified atom stereocenters. The van der Waals surface area contributed by atoms with Gasteiger partial charge in [0, 0.05) is 25.1 Å². The van der Waals surface area contributed by atoms with Crippen LogP contribution in [0.3, 0.4) is 0 Å². The number of furan rings is 1.